The van der Waals surface area contributed by atoms with Crippen molar-refractivity contribution in [2.45, 2.75) is 83.6 Å². The number of hydrogen-bond donors (Lipinski definition) is 0. The molecule has 2 heteroatoms. The van der Waals surface area contributed by atoms with Crippen molar-refractivity contribution in [3.8, 4) is 22.4 Å². The summed E-state index contributed by atoms with van der Waals surface area (Å²) in [5.74, 6) is 0. The summed E-state index contributed by atoms with van der Waals surface area (Å²) < 4.78 is 5.08. The van der Waals surface area contributed by atoms with E-state index in [0.717, 1.165) is 43.2 Å². The van der Waals surface area contributed by atoms with E-state index in [-0.39, 0.29) is 11.0 Å². The van der Waals surface area contributed by atoms with Crippen LogP contribution in [0.2, 0.25) is 0 Å². The highest BCUT2D eigenvalue weighted by Crippen LogP contribution is 2.51. The Morgan fingerprint density at radius 2 is 1.38 bits per heavy atom. The van der Waals surface area contributed by atoms with Gasteiger partial charge < -0.3 is 0 Å². The number of aromatic nitrogens is 2. The van der Waals surface area contributed by atoms with Crippen LogP contribution in [-0.4, -0.2) is 0 Å². The molecule has 9 rings (SSSR count). The highest BCUT2D eigenvalue weighted by Gasteiger charge is 2.60. The lowest BCUT2D eigenvalue weighted by Gasteiger charge is -2.47. The van der Waals surface area contributed by atoms with Crippen molar-refractivity contribution in [3.05, 3.63) is 235 Å². The second kappa shape index (κ2) is 18.0. The van der Waals surface area contributed by atoms with Crippen LogP contribution >= 0.6 is 0 Å². The van der Waals surface area contributed by atoms with Gasteiger partial charge in [-0.1, -0.05) is 149 Å². The van der Waals surface area contributed by atoms with Gasteiger partial charge >= 0.3 is 0 Å². The fraction of sp³-hybridized carbons (Fsp3) is 0.213. The smallest absolute Gasteiger partial charge is 0.191 e. The Balaban J connectivity index is 1.14. The Kier molecular flexibility index (Phi) is 11.9. The van der Waals surface area contributed by atoms with Gasteiger partial charge in [0, 0.05) is 36.8 Å². The average molecular weight is 821 g/mol. The fourth-order valence-electron chi connectivity index (χ4n) is 10.6. The minimum Gasteiger partial charge on any atom is -0.191 e. The van der Waals surface area contributed by atoms with Crippen LogP contribution in [-0.2, 0) is 30.2 Å². The second-order valence-electron chi connectivity index (χ2n) is 17.7. The van der Waals surface area contributed by atoms with Crippen molar-refractivity contribution in [1.29, 1.82) is 0 Å². The third-order valence-electron chi connectivity index (χ3n) is 14.3. The molecule has 0 radical (unpaired) electrons. The van der Waals surface area contributed by atoms with Crippen LogP contribution in [0.4, 0.5) is 0 Å². The number of unbranched alkanes of at least 4 members (excludes halogenated alkanes) is 1. The second-order valence-corrected chi connectivity index (χ2v) is 17.7. The molecule has 0 fully saturated rings. The van der Waals surface area contributed by atoms with E-state index >= 15 is 0 Å². The Morgan fingerprint density at radius 1 is 0.635 bits per heavy atom. The summed E-state index contributed by atoms with van der Waals surface area (Å²) in [6.07, 6.45) is 18.6. The summed E-state index contributed by atoms with van der Waals surface area (Å²) in [4.78, 5) is 0. The first-order chi connectivity index (χ1) is 30.9. The summed E-state index contributed by atoms with van der Waals surface area (Å²) >= 11 is 0. The average Bonchev–Trinajstić information content (AvgIpc) is 3.35. The number of benzene rings is 5. The number of aryl methyl sites for hydroxylation is 1. The predicted molar refractivity (Wildman–Crippen MR) is 266 cm³/mol. The molecule has 0 saturated carbocycles. The lowest BCUT2D eigenvalue weighted by molar-refractivity contribution is -0.771. The zero-order valence-corrected chi connectivity index (χ0v) is 37.5. The van der Waals surface area contributed by atoms with Gasteiger partial charge in [-0.05, 0) is 124 Å². The van der Waals surface area contributed by atoms with Crippen LogP contribution in [0.3, 0.4) is 0 Å². The van der Waals surface area contributed by atoms with Crippen LogP contribution in [0.5, 0.6) is 0 Å². The number of nitrogens with zero attached hydrogens (tertiary/aromatic N) is 2. The van der Waals surface area contributed by atoms with E-state index in [1.807, 2.05) is 6.08 Å². The molecule has 1 aliphatic heterocycles. The van der Waals surface area contributed by atoms with Gasteiger partial charge in [0.05, 0.1) is 22.8 Å². The Morgan fingerprint density at radius 3 is 2.21 bits per heavy atom. The lowest BCUT2D eigenvalue weighted by atomic mass is 9.58. The predicted octanol–water partition coefficient (Wildman–Crippen LogP) is 14.5. The molecule has 0 bridgehead atoms. The van der Waals surface area contributed by atoms with E-state index in [2.05, 4.69) is 232 Å². The van der Waals surface area contributed by atoms with Crippen molar-refractivity contribution in [2.75, 3.05) is 0 Å². The highest BCUT2D eigenvalue weighted by molar-refractivity contribution is 5.94. The molecule has 2 nitrogen and oxygen atoms in total. The van der Waals surface area contributed by atoms with Gasteiger partial charge in [-0.2, -0.15) is 8.97 Å². The van der Waals surface area contributed by atoms with Crippen LogP contribution in [0, 0.1) is 0 Å². The first kappa shape index (κ1) is 41.7. The Labute approximate surface area is 375 Å². The topological polar surface area (TPSA) is 7.98 Å². The standard InChI is InChI=1S/C61H60N2/c1-6-10-22-45-23-20-24-46(39-45)33-34-51(40-47(7-2)48-25-12-11-13-26-48)49-28-21-29-50(41-49)52-35-36-57-56(43-52)59-32-17-19-38-63(59)61(9-4,60(57,5)8-3)44-54-42-53-27-14-15-30-55(53)58-31-16-18-37-62(54)58/h7,11-21,23-32,34-43H,2,6,8-10,22,33,44H2,1,3-5H3/q+2. The first-order valence-electron chi connectivity index (χ1n) is 23.1. The third-order valence-corrected chi connectivity index (χ3v) is 14.3. The molecule has 8 aromatic rings. The lowest BCUT2D eigenvalue weighted by Crippen LogP contribution is -2.70. The van der Waals surface area contributed by atoms with Crippen molar-refractivity contribution in [1.82, 2.24) is 0 Å². The number of hydrogen-bond acceptors (Lipinski definition) is 0. The largest absolute Gasteiger partial charge is 0.218 e. The molecule has 0 N–H and O–H groups in total. The molecule has 1 aliphatic rings. The fourth-order valence-corrected chi connectivity index (χ4v) is 10.6. The maximum Gasteiger partial charge on any atom is 0.218 e. The van der Waals surface area contributed by atoms with Gasteiger partial charge in [0.1, 0.15) is 0 Å². The maximum absolute atomic E-state index is 4.25. The quantitative estimate of drug-likeness (QED) is 0.0587. The van der Waals surface area contributed by atoms with E-state index in [4.69, 9.17) is 0 Å². The monoisotopic (exact) mass is 820 g/mol. The zero-order valence-electron chi connectivity index (χ0n) is 37.5. The molecule has 0 spiro atoms. The number of fused-ring (bicyclic) bond motifs is 6. The van der Waals surface area contributed by atoms with Gasteiger partial charge in [-0.25, -0.2) is 0 Å². The highest BCUT2D eigenvalue weighted by atomic mass is 15.1. The molecule has 312 valence electrons. The van der Waals surface area contributed by atoms with Crippen molar-refractivity contribution in [2.24, 2.45) is 0 Å². The van der Waals surface area contributed by atoms with E-state index < -0.39 is 0 Å². The number of pyridine rings is 3. The molecule has 2 unspecified atom stereocenters. The summed E-state index contributed by atoms with van der Waals surface area (Å²) in [7, 11) is 0. The van der Waals surface area contributed by atoms with E-state index in [1.54, 1.807) is 0 Å². The molecule has 4 heterocycles. The molecule has 0 amide bonds. The van der Waals surface area contributed by atoms with E-state index in [9.17, 15) is 0 Å². The van der Waals surface area contributed by atoms with Crippen LogP contribution in [0.1, 0.15) is 86.9 Å². The molecular formula is C61H60N2+2. The van der Waals surface area contributed by atoms with Gasteiger partial charge in [-0.15, -0.1) is 0 Å². The minimum atomic E-state index is -0.214. The summed E-state index contributed by atoms with van der Waals surface area (Å²) in [5, 5.41) is 2.57. The number of allylic oxidation sites excluding steroid dienone is 5. The SMILES string of the molecule is C=CC(=CC(=CCc1cccc(CCCC)c1)c1cccc(-c2ccc3c(c2)-c2cccc[n+]2C(CC)(Cc2cc4ccccc4c4cccc[n+]24)C3(C)CC)c1)c1ccccc1. The normalized spacial score (nSPS) is 17.4. The van der Waals surface area contributed by atoms with Crippen molar-refractivity contribution in [3.63, 3.8) is 0 Å². The maximum atomic E-state index is 4.25. The molecular weight excluding hydrogens is 761 g/mol. The molecule has 63 heavy (non-hydrogen) atoms. The van der Waals surface area contributed by atoms with Crippen molar-refractivity contribution < 1.29 is 8.97 Å². The summed E-state index contributed by atoms with van der Waals surface area (Å²) in [6, 6.07) is 60.8. The van der Waals surface area contributed by atoms with Gasteiger partial charge in [0.15, 0.2) is 23.6 Å². The minimum absolute atomic E-state index is 0.156. The molecule has 2 atom stereocenters. The third kappa shape index (κ3) is 7.78. The molecule has 0 aliphatic carbocycles. The Hall–Kier alpha value is -6.64. The van der Waals surface area contributed by atoms with E-state index in [1.165, 1.54) is 85.0 Å². The first-order valence-corrected chi connectivity index (χ1v) is 23.1. The summed E-state index contributed by atoms with van der Waals surface area (Å²) in [6.45, 7) is 13.8. The summed E-state index contributed by atoms with van der Waals surface area (Å²) in [5.41, 5.74) is 16.1. The molecule has 3 aromatic heterocycles. The van der Waals surface area contributed by atoms with Gasteiger partial charge in [0.25, 0.3) is 0 Å². The van der Waals surface area contributed by atoms with Crippen LogP contribution in [0.15, 0.2) is 201 Å². The van der Waals surface area contributed by atoms with Gasteiger partial charge in [0.2, 0.25) is 11.2 Å². The van der Waals surface area contributed by atoms with Gasteiger partial charge in [-0.3, -0.25) is 0 Å². The molecule has 5 aromatic carbocycles. The van der Waals surface area contributed by atoms with Crippen LogP contribution in [0.25, 0.3) is 49.8 Å². The zero-order chi connectivity index (χ0) is 43.4. The molecule has 0 saturated heterocycles. The Bertz CT molecular complexity index is 3010. The van der Waals surface area contributed by atoms with Crippen LogP contribution < -0.4 is 8.97 Å². The number of rotatable bonds is 14. The van der Waals surface area contributed by atoms with Crippen molar-refractivity contribution >= 4 is 27.4 Å². The van der Waals surface area contributed by atoms with E-state index in [0.29, 0.717) is 0 Å².